The zero-order chi connectivity index (χ0) is 18.1. The Bertz CT molecular complexity index is 572. The van der Waals surface area contributed by atoms with Crippen molar-refractivity contribution >= 4 is 5.96 Å². The first-order chi connectivity index (χ1) is 12.1. The van der Waals surface area contributed by atoms with Gasteiger partial charge < -0.3 is 20.5 Å². The fourth-order valence-electron chi connectivity index (χ4n) is 3.41. The minimum atomic E-state index is -0.608. The molecule has 0 aliphatic heterocycles. The fourth-order valence-corrected chi connectivity index (χ4v) is 3.41. The topological polar surface area (TPSA) is 65.9 Å². The molecule has 3 N–H and O–H groups in total. The van der Waals surface area contributed by atoms with Crippen LogP contribution in [-0.4, -0.2) is 37.9 Å². The molecule has 1 saturated carbocycles. The molecule has 1 aliphatic carbocycles. The summed E-state index contributed by atoms with van der Waals surface area (Å²) < 4.78 is 19.0. The number of aromatic hydroxyl groups is 1. The molecular weight excluding hydrogens is 321 g/mol. The van der Waals surface area contributed by atoms with Crippen LogP contribution >= 0.6 is 0 Å². The number of phenolic OH excluding ortho intramolecular Hbond substituents is 1. The Morgan fingerprint density at radius 1 is 1.32 bits per heavy atom. The van der Waals surface area contributed by atoms with Gasteiger partial charge in [0, 0.05) is 33.4 Å². The van der Waals surface area contributed by atoms with E-state index < -0.39 is 5.82 Å². The summed E-state index contributed by atoms with van der Waals surface area (Å²) in [5.74, 6) is -0.233. The third-order valence-corrected chi connectivity index (χ3v) is 4.97. The van der Waals surface area contributed by atoms with Crippen LogP contribution in [0.25, 0.3) is 0 Å². The van der Waals surface area contributed by atoms with Crippen molar-refractivity contribution < 1.29 is 14.2 Å². The highest BCUT2D eigenvalue weighted by molar-refractivity contribution is 5.79. The van der Waals surface area contributed by atoms with Crippen LogP contribution in [0.4, 0.5) is 4.39 Å². The van der Waals surface area contributed by atoms with Crippen molar-refractivity contribution in [3.05, 3.63) is 29.6 Å². The number of aliphatic imine (C=N–C) groups is 1. The van der Waals surface area contributed by atoms with Crippen molar-refractivity contribution in [2.24, 2.45) is 10.4 Å². The molecule has 0 bridgehead atoms. The molecule has 0 amide bonds. The highest BCUT2D eigenvalue weighted by Crippen LogP contribution is 2.40. The molecule has 5 nitrogen and oxygen atoms in total. The van der Waals surface area contributed by atoms with Crippen molar-refractivity contribution in [1.82, 2.24) is 10.6 Å². The van der Waals surface area contributed by atoms with Gasteiger partial charge in [-0.05, 0) is 49.3 Å². The van der Waals surface area contributed by atoms with E-state index in [1.807, 2.05) is 6.92 Å². The summed E-state index contributed by atoms with van der Waals surface area (Å²) in [5.41, 5.74) is 1.03. The highest BCUT2D eigenvalue weighted by Gasteiger charge is 2.33. The van der Waals surface area contributed by atoms with Gasteiger partial charge in [0.1, 0.15) is 0 Å². The number of hydrogen-bond acceptors (Lipinski definition) is 3. The molecule has 0 radical (unpaired) electrons. The van der Waals surface area contributed by atoms with E-state index in [1.54, 1.807) is 13.1 Å². The molecule has 0 aromatic heterocycles. The van der Waals surface area contributed by atoms with E-state index in [0.29, 0.717) is 12.5 Å². The lowest BCUT2D eigenvalue weighted by Gasteiger charge is -2.30. The van der Waals surface area contributed by atoms with E-state index in [-0.39, 0.29) is 11.2 Å². The maximum absolute atomic E-state index is 13.4. The molecule has 1 fully saturated rings. The average Bonchev–Trinajstić information content (AvgIpc) is 3.07. The van der Waals surface area contributed by atoms with Gasteiger partial charge in [-0.1, -0.05) is 18.9 Å². The van der Waals surface area contributed by atoms with Gasteiger partial charge >= 0.3 is 0 Å². The number of guanidine groups is 1. The molecule has 0 atom stereocenters. The van der Waals surface area contributed by atoms with Crippen LogP contribution in [0.2, 0.25) is 0 Å². The first-order valence-corrected chi connectivity index (χ1v) is 9.08. The van der Waals surface area contributed by atoms with Crippen LogP contribution in [0.15, 0.2) is 23.2 Å². The number of nitrogens with one attached hydrogen (secondary N) is 2. The molecule has 25 heavy (non-hydrogen) atoms. The van der Waals surface area contributed by atoms with E-state index >= 15 is 0 Å². The van der Waals surface area contributed by atoms with Gasteiger partial charge in [-0.2, -0.15) is 0 Å². The van der Waals surface area contributed by atoms with E-state index in [0.717, 1.165) is 31.7 Å². The van der Waals surface area contributed by atoms with Crippen LogP contribution in [0.3, 0.4) is 0 Å². The number of hydrogen-bond donors (Lipinski definition) is 3. The predicted octanol–water partition coefficient (Wildman–Crippen LogP) is 3.18. The van der Waals surface area contributed by atoms with Crippen molar-refractivity contribution in [3.8, 4) is 5.75 Å². The zero-order valence-corrected chi connectivity index (χ0v) is 15.3. The van der Waals surface area contributed by atoms with Gasteiger partial charge in [-0.3, -0.25) is 4.99 Å². The van der Waals surface area contributed by atoms with E-state index in [9.17, 15) is 9.50 Å². The quantitative estimate of drug-likeness (QED) is 0.382. The Balaban J connectivity index is 1.84. The van der Waals surface area contributed by atoms with Gasteiger partial charge in [0.15, 0.2) is 17.5 Å². The minimum Gasteiger partial charge on any atom is -0.505 e. The van der Waals surface area contributed by atoms with Crippen molar-refractivity contribution in [2.45, 2.75) is 45.6 Å². The summed E-state index contributed by atoms with van der Waals surface area (Å²) in [6.45, 7) is 4.90. The Morgan fingerprint density at radius 2 is 2.08 bits per heavy atom. The van der Waals surface area contributed by atoms with E-state index in [4.69, 9.17) is 4.74 Å². The van der Waals surface area contributed by atoms with Crippen LogP contribution in [-0.2, 0) is 11.3 Å². The van der Waals surface area contributed by atoms with Gasteiger partial charge in [-0.15, -0.1) is 0 Å². The molecule has 0 unspecified atom stereocenters. The summed E-state index contributed by atoms with van der Waals surface area (Å²) in [5, 5.41) is 15.9. The Kier molecular flexibility index (Phi) is 7.50. The zero-order valence-electron chi connectivity index (χ0n) is 15.3. The molecule has 140 valence electrons. The van der Waals surface area contributed by atoms with Crippen molar-refractivity contribution in [1.29, 1.82) is 0 Å². The Labute approximate surface area is 149 Å². The van der Waals surface area contributed by atoms with Crippen LogP contribution < -0.4 is 10.6 Å². The molecule has 1 aliphatic rings. The molecule has 0 saturated heterocycles. The average molecular weight is 351 g/mol. The second kappa shape index (κ2) is 9.61. The molecule has 0 spiro atoms. The Morgan fingerprint density at radius 3 is 2.72 bits per heavy atom. The van der Waals surface area contributed by atoms with Crippen molar-refractivity contribution in [2.75, 3.05) is 26.8 Å². The number of benzene rings is 1. The lowest BCUT2D eigenvalue weighted by atomic mass is 9.83. The summed E-state index contributed by atoms with van der Waals surface area (Å²) in [6, 6.07) is 4.39. The van der Waals surface area contributed by atoms with Crippen LogP contribution in [0.1, 0.15) is 44.6 Å². The maximum atomic E-state index is 13.4. The molecule has 0 heterocycles. The summed E-state index contributed by atoms with van der Waals surface area (Å²) in [6.07, 6.45) is 6.04. The second-order valence-electron chi connectivity index (χ2n) is 6.72. The van der Waals surface area contributed by atoms with Gasteiger partial charge in [0.25, 0.3) is 0 Å². The van der Waals surface area contributed by atoms with Crippen LogP contribution in [0.5, 0.6) is 5.75 Å². The number of halogens is 1. The van der Waals surface area contributed by atoms with Gasteiger partial charge in [-0.25, -0.2) is 4.39 Å². The third kappa shape index (κ3) is 5.88. The first-order valence-electron chi connectivity index (χ1n) is 9.08. The van der Waals surface area contributed by atoms with Gasteiger partial charge in [0.2, 0.25) is 0 Å². The maximum Gasteiger partial charge on any atom is 0.191 e. The third-order valence-electron chi connectivity index (χ3n) is 4.97. The normalized spacial score (nSPS) is 16.8. The monoisotopic (exact) mass is 351 g/mol. The predicted molar refractivity (Wildman–Crippen MR) is 98.3 cm³/mol. The summed E-state index contributed by atoms with van der Waals surface area (Å²) >= 11 is 0. The lowest BCUT2D eigenvalue weighted by Crippen LogP contribution is -2.43. The number of nitrogens with zero attached hydrogens (tertiary/aromatic N) is 1. The SMILES string of the molecule is CCOCCC1(CNC(=NC)NCc2ccc(O)c(F)c2)CCCC1. The highest BCUT2D eigenvalue weighted by atomic mass is 19.1. The second-order valence-corrected chi connectivity index (χ2v) is 6.72. The molecule has 1 aromatic rings. The fraction of sp³-hybridized carbons (Fsp3) is 0.632. The summed E-state index contributed by atoms with van der Waals surface area (Å²) in [7, 11) is 1.73. The summed E-state index contributed by atoms with van der Waals surface area (Å²) in [4.78, 5) is 4.25. The van der Waals surface area contributed by atoms with Crippen molar-refractivity contribution in [3.63, 3.8) is 0 Å². The van der Waals surface area contributed by atoms with E-state index in [1.165, 1.54) is 37.8 Å². The van der Waals surface area contributed by atoms with Gasteiger partial charge in [0.05, 0.1) is 0 Å². The first kappa shape index (κ1) is 19.5. The number of phenols is 1. The number of ether oxygens (including phenoxy) is 1. The van der Waals surface area contributed by atoms with E-state index in [2.05, 4.69) is 15.6 Å². The minimum absolute atomic E-state index is 0.275. The molecular formula is C19H30FN3O2. The standard InChI is InChI=1S/C19H30FN3O2/c1-3-25-11-10-19(8-4-5-9-19)14-23-18(21-2)22-13-15-6-7-17(24)16(20)12-15/h6-7,12,24H,3-5,8-11,13-14H2,1-2H3,(H2,21,22,23). The lowest BCUT2D eigenvalue weighted by molar-refractivity contribution is 0.105. The Hall–Kier alpha value is -1.82. The molecule has 1 aromatic carbocycles. The molecule has 2 rings (SSSR count). The largest absolute Gasteiger partial charge is 0.505 e. The molecule has 6 heteroatoms. The smallest absolute Gasteiger partial charge is 0.191 e. The number of rotatable bonds is 8. The van der Waals surface area contributed by atoms with Crippen LogP contribution in [0, 0.1) is 11.2 Å².